The van der Waals surface area contributed by atoms with Crippen molar-refractivity contribution in [2.45, 2.75) is 0 Å². The van der Waals surface area contributed by atoms with Crippen molar-refractivity contribution in [3.05, 3.63) is 0 Å². The van der Waals surface area contributed by atoms with Crippen molar-refractivity contribution in [1.82, 2.24) is 0 Å². The minimum Gasteiger partial charge on any atom is -1.00 e. The largest absolute Gasteiger partial charge is 2.00 e. The van der Waals surface area contributed by atoms with Crippen LogP contribution in [0.3, 0.4) is 0 Å². The minimum atomic E-state index is -3.13. The topological polar surface area (TPSA) is 403 Å². The zero-order valence-electron chi connectivity index (χ0n) is 26.2. The summed E-state index contributed by atoms with van der Waals surface area (Å²) < 4.78 is 61.2. The van der Waals surface area contributed by atoms with Crippen molar-refractivity contribution >= 4 is 179 Å². The maximum atomic E-state index is 8.74. The molecule has 33 heteroatoms. The van der Waals surface area contributed by atoms with Crippen LogP contribution in [0.4, 0.5) is 0 Å². The Hall–Kier alpha value is 1.15. The average Bonchev–Trinajstić information content (AvgIpc) is 2.20. The molecule has 0 fully saturated rings. The predicted octanol–water partition coefficient (Wildman–Crippen LogP) is -12.1. The summed E-state index contributed by atoms with van der Waals surface area (Å²) in [6.45, 7) is 0. The van der Waals surface area contributed by atoms with E-state index in [4.69, 9.17) is 98.4 Å². The van der Waals surface area contributed by atoms with Crippen LogP contribution >= 0.6 is 0 Å². The van der Waals surface area contributed by atoms with Gasteiger partial charge in [0.25, 0.3) is 0 Å². The van der Waals surface area contributed by atoms with Crippen LogP contribution in [0, 0.1) is 0 Å². The van der Waals surface area contributed by atoms with Gasteiger partial charge in [0.2, 0.25) is 0 Å². The molecule has 21 nitrogen and oxygen atoms in total. The first kappa shape index (κ1) is 76.5. The molecule has 0 aromatic heterocycles. The van der Waals surface area contributed by atoms with E-state index >= 15 is 0 Å². The molecular weight excluding hydrogens is 654 g/mol. The van der Waals surface area contributed by atoms with Crippen molar-refractivity contribution in [1.29, 1.82) is 0 Å². The summed E-state index contributed by atoms with van der Waals surface area (Å²) in [4.78, 5) is 100. The number of hydrogen-bond donors (Lipinski definition) is 14. The standard InChI is InChI=1S/5Mg.7H2O3Si.10H/c;;;;;7*1-4(2)3;;;;;;;;;;/h;;;;;7*1-2H;;;;;;;;;;/q5*+2;;;;;;;;10*-1. The second kappa shape index (κ2) is 69.8. The van der Waals surface area contributed by atoms with E-state index in [9.17, 15) is 0 Å². The van der Waals surface area contributed by atoms with Crippen LogP contribution in [-0.4, -0.2) is 247 Å². The van der Waals surface area contributed by atoms with Crippen LogP contribution in [0.25, 0.3) is 0 Å². The Morgan fingerprint density at radius 2 is 0.242 bits per heavy atom. The Morgan fingerprint density at radius 1 is 0.242 bits per heavy atom. The van der Waals surface area contributed by atoms with E-state index in [1.807, 2.05) is 0 Å². The van der Waals surface area contributed by atoms with Crippen LogP contribution in [0.1, 0.15) is 14.3 Å². The smallest absolute Gasteiger partial charge is 1.00 e. The fourth-order valence-corrected chi connectivity index (χ4v) is 0. The van der Waals surface area contributed by atoms with Crippen molar-refractivity contribution in [2.24, 2.45) is 0 Å². The van der Waals surface area contributed by atoms with Crippen LogP contribution in [0.2, 0.25) is 0 Å². The van der Waals surface area contributed by atoms with E-state index < -0.39 is 64.2 Å². The minimum absolute atomic E-state index is 0. The first-order valence-electron chi connectivity index (χ1n) is 4.56. The fraction of sp³-hybridized carbons (Fsp3) is 0. The van der Waals surface area contributed by atoms with Crippen LogP contribution in [-0.2, 0) is 31.2 Å². The number of hydrogen-bond acceptors (Lipinski definition) is 7. The first-order valence-corrected chi connectivity index (χ1v) is 13.7. The maximum absolute atomic E-state index is 8.74. The molecule has 0 aliphatic carbocycles. The van der Waals surface area contributed by atoms with Crippen molar-refractivity contribution in [2.75, 3.05) is 0 Å². The van der Waals surface area contributed by atoms with Crippen LogP contribution in [0.15, 0.2) is 0 Å². The third-order valence-corrected chi connectivity index (χ3v) is 0. The Morgan fingerprint density at radius 3 is 0.242 bits per heavy atom. The molecule has 188 valence electrons. The van der Waals surface area contributed by atoms with E-state index in [2.05, 4.69) is 0 Å². The van der Waals surface area contributed by atoms with Crippen molar-refractivity contribution in [3.8, 4) is 0 Å². The second-order valence-electron chi connectivity index (χ2n) is 1.98. The summed E-state index contributed by atoms with van der Waals surface area (Å²) >= 11 is 0. The van der Waals surface area contributed by atoms with E-state index in [0.29, 0.717) is 0 Å². The molecule has 0 radical (unpaired) electrons. The normalized spacial score (nSPS) is 5.09. The van der Waals surface area contributed by atoms with E-state index in [0.717, 1.165) is 0 Å². The molecule has 0 saturated carbocycles. The molecule has 0 saturated heterocycles. The third-order valence-electron chi connectivity index (χ3n) is 0. The molecule has 0 amide bonds. The molecule has 0 spiro atoms. The van der Waals surface area contributed by atoms with Gasteiger partial charge >= 0.3 is 179 Å². The van der Waals surface area contributed by atoms with Gasteiger partial charge in [0.15, 0.2) is 0 Å². The van der Waals surface area contributed by atoms with Gasteiger partial charge in [-0.3, -0.25) is 31.2 Å². The molecule has 0 aliphatic heterocycles. The Bertz CT molecular complexity index is 356. The summed E-state index contributed by atoms with van der Waals surface area (Å²) in [6.07, 6.45) is 0. The number of rotatable bonds is 0. The van der Waals surface area contributed by atoms with Gasteiger partial charge in [-0.2, -0.15) is 0 Å². The molecule has 0 aromatic rings. The molecule has 0 aromatic carbocycles. The fourth-order valence-electron chi connectivity index (χ4n) is 0. The summed E-state index contributed by atoms with van der Waals surface area (Å²) in [6, 6.07) is 0. The third kappa shape index (κ3) is 24300. The van der Waals surface area contributed by atoms with Crippen molar-refractivity contribution < 1.29 is 113 Å². The van der Waals surface area contributed by atoms with Gasteiger partial charge < -0.3 is 81.4 Å². The maximum Gasteiger partial charge on any atom is 2.00 e. The van der Waals surface area contributed by atoms with Gasteiger partial charge in [0.1, 0.15) is 0 Å². The molecule has 0 rings (SSSR count). The zero-order valence-corrected chi connectivity index (χ0v) is 30.2. The molecule has 33 heavy (non-hydrogen) atoms. The summed E-state index contributed by atoms with van der Waals surface area (Å²) in [7, 11) is -21.9. The zero-order chi connectivity index (χ0) is 25.0. The van der Waals surface area contributed by atoms with Gasteiger partial charge in [0.05, 0.1) is 0 Å². The molecule has 0 heterocycles. The van der Waals surface area contributed by atoms with Gasteiger partial charge in [-0.15, -0.1) is 0 Å². The molecule has 0 atom stereocenters. The molecule has 0 bridgehead atoms. The van der Waals surface area contributed by atoms with Crippen LogP contribution in [0.5, 0.6) is 0 Å². The summed E-state index contributed by atoms with van der Waals surface area (Å²) in [5.41, 5.74) is 0. The monoisotopic (exact) mass is 676 g/mol. The van der Waals surface area contributed by atoms with Crippen molar-refractivity contribution in [3.63, 3.8) is 0 Å². The van der Waals surface area contributed by atoms with Gasteiger partial charge in [-0.05, 0) is 0 Å². The van der Waals surface area contributed by atoms with E-state index in [-0.39, 0.29) is 130 Å². The second-order valence-corrected chi connectivity index (χ2v) is 5.93. The van der Waals surface area contributed by atoms with Gasteiger partial charge in [0, 0.05) is 0 Å². The predicted molar refractivity (Wildman–Crippen MR) is 116 cm³/mol. The molecule has 14 N–H and O–H groups in total. The Balaban J connectivity index is -0.00000000565. The SMILES string of the molecule is O=[Si](O)O.O=[Si](O)O.O=[Si](O)O.O=[Si](O)O.O=[Si](O)O.O=[Si](O)O.O=[Si](O)O.[H-].[H-].[H-].[H-].[H-].[H-].[H-].[H-].[H-].[H-].[Mg+2].[Mg+2].[Mg+2].[Mg+2].[Mg+2]. The quantitative estimate of drug-likeness (QED) is 0.106. The molecular formula is H24Mg5O21Si7. The van der Waals surface area contributed by atoms with Gasteiger partial charge in [-0.1, -0.05) is 0 Å². The first-order chi connectivity index (χ1) is 12.1. The average molecular weight is 678 g/mol. The van der Waals surface area contributed by atoms with E-state index in [1.165, 1.54) is 0 Å². The Labute approximate surface area is 289 Å². The summed E-state index contributed by atoms with van der Waals surface area (Å²) in [5, 5.41) is 0. The molecule has 0 unspecified atom stereocenters. The summed E-state index contributed by atoms with van der Waals surface area (Å²) in [5.74, 6) is 0. The molecule has 0 aliphatic rings. The van der Waals surface area contributed by atoms with Gasteiger partial charge in [-0.25, -0.2) is 0 Å². The van der Waals surface area contributed by atoms with E-state index in [1.54, 1.807) is 0 Å². The van der Waals surface area contributed by atoms with Crippen LogP contribution < -0.4 is 0 Å². The Kier molecular flexibility index (Phi) is 162.